The predicted octanol–water partition coefficient (Wildman–Crippen LogP) is 3.15. The summed E-state index contributed by atoms with van der Waals surface area (Å²) < 4.78 is 13.7. The molecule has 1 aromatic heterocycles. The fraction of sp³-hybridized carbons (Fsp3) is 0.444. The molecule has 0 bridgehead atoms. The van der Waals surface area contributed by atoms with Gasteiger partial charge in [-0.2, -0.15) is 0 Å². The van der Waals surface area contributed by atoms with E-state index in [1.54, 1.807) is 18.3 Å². The zero-order chi connectivity index (χ0) is 17.2. The summed E-state index contributed by atoms with van der Waals surface area (Å²) in [7, 11) is 0. The van der Waals surface area contributed by atoms with Crippen LogP contribution in [0.15, 0.2) is 30.5 Å². The molecule has 1 aromatic carbocycles. The van der Waals surface area contributed by atoms with E-state index in [-0.39, 0.29) is 18.0 Å². The molecule has 1 heterocycles. The topological polar surface area (TPSA) is 62.2 Å². The number of nitrogens with zero attached hydrogens (tertiary/aromatic N) is 1. The summed E-state index contributed by atoms with van der Waals surface area (Å²) in [5, 5.41) is 13.6. The third-order valence-corrected chi connectivity index (χ3v) is 4.05. The average Bonchev–Trinajstić information content (AvgIpc) is 2.50. The number of carbonyl (C=O) groups is 1. The number of aromatic nitrogens is 1. The molecule has 4 nitrogen and oxygen atoms in total. The van der Waals surface area contributed by atoms with Gasteiger partial charge in [0.25, 0.3) is 5.91 Å². The van der Waals surface area contributed by atoms with E-state index in [2.05, 4.69) is 10.3 Å². The second-order valence-corrected chi connectivity index (χ2v) is 6.89. The lowest BCUT2D eigenvalue weighted by Gasteiger charge is -2.33. The Morgan fingerprint density at radius 2 is 2.09 bits per heavy atom. The van der Waals surface area contributed by atoms with Crippen molar-refractivity contribution in [3.8, 4) is 0 Å². The first-order valence-electron chi connectivity index (χ1n) is 7.73. The van der Waals surface area contributed by atoms with Crippen LogP contribution in [0.25, 0.3) is 10.9 Å². The molecule has 1 amide bonds. The molecule has 0 fully saturated rings. The van der Waals surface area contributed by atoms with Gasteiger partial charge in [-0.15, -0.1) is 0 Å². The summed E-state index contributed by atoms with van der Waals surface area (Å²) in [5.74, 6) is -0.784. The van der Waals surface area contributed by atoms with Gasteiger partial charge in [0.1, 0.15) is 5.82 Å². The van der Waals surface area contributed by atoms with E-state index >= 15 is 0 Å². The largest absolute Gasteiger partial charge is 0.392 e. The smallest absolute Gasteiger partial charge is 0.253 e. The highest BCUT2D eigenvalue weighted by Crippen LogP contribution is 2.25. The maximum absolute atomic E-state index is 13.7. The van der Waals surface area contributed by atoms with Crippen molar-refractivity contribution < 1.29 is 14.3 Å². The molecule has 2 N–H and O–H groups in total. The summed E-state index contributed by atoms with van der Waals surface area (Å²) in [4.78, 5) is 16.6. The van der Waals surface area contributed by atoms with E-state index in [4.69, 9.17) is 0 Å². The molecule has 2 rings (SSSR count). The Balaban J connectivity index is 2.22. The maximum atomic E-state index is 13.7. The maximum Gasteiger partial charge on any atom is 0.253 e. The second kappa shape index (κ2) is 6.62. The fourth-order valence-electron chi connectivity index (χ4n) is 2.74. The number of halogens is 1. The van der Waals surface area contributed by atoms with Crippen molar-refractivity contribution in [3.05, 3.63) is 41.8 Å². The molecular formula is C18H23FN2O2. The predicted molar refractivity (Wildman–Crippen MR) is 88.7 cm³/mol. The van der Waals surface area contributed by atoms with E-state index < -0.39 is 23.2 Å². The Labute approximate surface area is 135 Å². The van der Waals surface area contributed by atoms with Crippen molar-refractivity contribution in [1.29, 1.82) is 0 Å². The minimum absolute atomic E-state index is 0.0820. The molecule has 0 spiro atoms. The molecule has 0 radical (unpaired) electrons. The van der Waals surface area contributed by atoms with Gasteiger partial charge in [0.15, 0.2) is 0 Å². The first-order valence-corrected chi connectivity index (χ1v) is 7.73. The Morgan fingerprint density at radius 1 is 1.39 bits per heavy atom. The van der Waals surface area contributed by atoms with Crippen LogP contribution in [-0.4, -0.2) is 28.6 Å². The minimum atomic E-state index is -0.551. The van der Waals surface area contributed by atoms with Crippen LogP contribution in [0.5, 0.6) is 0 Å². The third-order valence-electron chi connectivity index (χ3n) is 4.05. The van der Waals surface area contributed by atoms with Crippen molar-refractivity contribution in [2.45, 2.75) is 33.8 Å². The number of hydrogen-bond donors (Lipinski definition) is 2. The molecule has 1 atom stereocenters. The van der Waals surface area contributed by atoms with Gasteiger partial charge in [-0.1, -0.05) is 33.8 Å². The SMILES string of the molecule is CC(C)C(O)C(C)(C)CNC(=O)c1cc(F)cc2cccnc12. The number of rotatable bonds is 5. The molecular weight excluding hydrogens is 295 g/mol. The molecule has 0 saturated heterocycles. The zero-order valence-corrected chi connectivity index (χ0v) is 13.9. The van der Waals surface area contributed by atoms with Gasteiger partial charge in [0.2, 0.25) is 0 Å². The number of benzene rings is 1. The number of aliphatic hydroxyl groups excluding tert-OH is 1. The Bertz CT molecular complexity index is 713. The summed E-state index contributed by atoms with van der Waals surface area (Å²) in [5.41, 5.74) is 0.185. The number of hydrogen-bond acceptors (Lipinski definition) is 3. The minimum Gasteiger partial charge on any atom is -0.392 e. The van der Waals surface area contributed by atoms with Crippen LogP contribution >= 0.6 is 0 Å². The van der Waals surface area contributed by atoms with Crippen molar-refractivity contribution in [2.24, 2.45) is 11.3 Å². The van der Waals surface area contributed by atoms with Gasteiger partial charge in [-0.25, -0.2) is 4.39 Å². The van der Waals surface area contributed by atoms with Crippen LogP contribution in [0.1, 0.15) is 38.1 Å². The number of aliphatic hydroxyl groups is 1. The monoisotopic (exact) mass is 318 g/mol. The first kappa shape index (κ1) is 17.3. The van der Waals surface area contributed by atoms with Crippen molar-refractivity contribution >= 4 is 16.8 Å². The summed E-state index contributed by atoms with van der Waals surface area (Å²) >= 11 is 0. The van der Waals surface area contributed by atoms with Crippen LogP contribution in [0, 0.1) is 17.2 Å². The zero-order valence-electron chi connectivity index (χ0n) is 13.9. The van der Waals surface area contributed by atoms with Crippen LogP contribution < -0.4 is 5.32 Å². The first-order chi connectivity index (χ1) is 10.7. The highest BCUT2D eigenvalue weighted by molar-refractivity contribution is 6.05. The summed E-state index contributed by atoms with van der Waals surface area (Å²) in [6.45, 7) is 7.92. The van der Waals surface area contributed by atoms with Crippen molar-refractivity contribution in [1.82, 2.24) is 10.3 Å². The molecule has 23 heavy (non-hydrogen) atoms. The van der Waals surface area contributed by atoms with Gasteiger partial charge in [-0.05, 0) is 24.1 Å². The number of amides is 1. The Morgan fingerprint density at radius 3 is 2.74 bits per heavy atom. The number of carbonyl (C=O) groups excluding carboxylic acids is 1. The van der Waals surface area contributed by atoms with Gasteiger partial charge in [0.05, 0.1) is 17.2 Å². The molecule has 0 aliphatic rings. The molecule has 2 aromatic rings. The van der Waals surface area contributed by atoms with Crippen LogP contribution in [0.3, 0.4) is 0 Å². The van der Waals surface area contributed by atoms with E-state index in [0.717, 1.165) is 0 Å². The van der Waals surface area contributed by atoms with Gasteiger partial charge < -0.3 is 10.4 Å². The quantitative estimate of drug-likeness (QED) is 0.890. The van der Waals surface area contributed by atoms with E-state index in [1.807, 2.05) is 27.7 Å². The van der Waals surface area contributed by atoms with Crippen molar-refractivity contribution in [2.75, 3.05) is 6.54 Å². The molecule has 0 saturated carbocycles. The lowest BCUT2D eigenvalue weighted by atomic mass is 9.80. The fourth-order valence-corrected chi connectivity index (χ4v) is 2.74. The van der Waals surface area contributed by atoms with Crippen molar-refractivity contribution in [3.63, 3.8) is 0 Å². The van der Waals surface area contributed by atoms with E-state index in [1.165, 1.54) is 12.1 Å². The lowest BCUT2D eigenvalue weighted by molar-refractivity contribution is 0.0138. The molecule has 124 valence electrons. The number of fused-ring (bicyclic) bond motifs is 1. The Hall–Kier alpha value is -2.01. The molecule has 0 aliphatic carbocycles. The summed E-state index contributed by atoms with van der Waals surface area (Å²) in [6, 6.07) is 5.96. The van der Waals surface area contributed by atoms with Crippen LogP contribution in [-0.2, 0) is 0 Å². The van der Waals surface area contributed by atoms with E-state index in [0.29, 0.717) is 10.9 Å². The van der Waals surface area contributed by atoms with Crippen LogP contribution in [0.4, 0.5) is 4.39 Å². The Kier molecular flexibility index (Phi) is 5.00. The molecule has 1 unspecified atom stereocenters. The summed E-state index contributed by atoms with van der Waals surface area (Å²) in [6.07, 6.45) is 1.02. The second-order valence-electron chi connectivity index (χ2n) is 6.89. The van der Waals surface area contributed by atoms with E-state index in [9.17, 15) is 14.3 Å². The average molecular weight is 318 g/mol. The standard InChI is InChI=1S/C18H23FN2O2/c1-11(2)16(22)18(3,4)10-21-17(23)14-9-13(19)8-12-6-5-7-20-15(12)14/h5-9,11,16,22H,10H2,1-4H3,(H,21,23). The van der Waals surface area contributed by atoms with Gasteiger partial charge in [-0.3, -0.25) is 9.78 Å². The van der Waals surface area contributed by atoms with Gasteiger partial charge >= 0.3 is 0 Å². The number of pyridine rings is 1. The molecule has 5 heteroatoms. The molecule has 0 aliphatic heterocycles. The third kappa shape index (κ3) is 3.85. The highest BCUT2D eigenvalue weighted by Gasteiger charge is 2.30. The number of nitrogens with one attached hydrogen (secondary N) is 1. The normalized spacial score (nSPS) is 13.3. The highest BCUT2D eigenvalue weighted by atomic mass is 19.1. The lowest BCUT2D eigenvalue weighted by Crippen LogP contribution is -2.43. The van der Waals surface area contributed by atoms with Gasteiger partial charge in [0, 0.05) is 23.5 Å². The van der Waals surface area contributed by atoms with Crippen LogP contribution in [0.2, 0.25) is 0 Å².